The average Bonchev–Trinajstić information content (AvgIpc) is 2.32. The second-order valence-corrected chi connectivity index (χ2v) is 3.70. The van der Waals surface area contributed by atoms with E-state index < -0.39 is 0 Å². The molecule has 0 aliphatic carbocycles. The van der Waals surface area contributed by atoms with Crippen LogP contribution < -0.4 is 5.32 Å². The third-order valence-electron chi connectivity index (χ3n) is 2.03. The van der Waals surface area contributed by atoms with Crippen molar-refractivity contribution in [1.82, 2.24) is 5.32 Å². The first-order chi connectivity index (χ1) is 8.70. The number of hydrogen-bond donors (Lipinski definition) is 1. The van der Waals surface area contributed by atoms with Crippen LogP contribution in [0.4, 0.5) is 0 Å². The molecule has 104 valence electrons. The van der Waals surface area contributed by atoms with E-state index in [1.807, 2.05) is 0 Å². The van der Waals surface area contributed by atoms with Crippen molar-refractivity contribution in [2.24, 2.45) is 5.18 Å². The van der Waals surface area contributed by atoms with Gasteiger partial charge >= 0.3 is 0 Å². The topological polar surface area (TPSA) is 94.1 Å². The fourth-order valence-corrected chi connectivity index (χ4v) is 1.14. The van der Waals surface area contributed by atoms with Gasteiger partial charge in [-0.3, -0.25) is 4.79 Å². The molecule has 0 bridgehead atoms. The summed E-state index contributed by atoms with van der Waals surface area (Å²) >= 11 is 0. The third kappa shape index (κ3) is 11.2. The highest BCUT2D eigenvalue weighted by Crippen LogP contribution is 1.90. The Labute approximate surface area is 106 Å². The lowest BCUT2D eigenvalue weighted by Gasteiger charge is -2.10. The SMILES string of the molecule is CC(CC=O)NC(=O)CCOCCOCCN=O. The van der Waals surface area contributed by atoms with E-state index in [0.29, 0.717) is 26.2 Å². The van der Waals surface area contributed by atoms with Crippen molar-refractivity contribution < 1.29 is 19.1 Å². The molecule has 7 nitrogen and oxygen atoms in total. The van der Waals surface area contributed by atoms with Crippen LogP contribution in [0.2, 0.25) is 0 Å². The monoisotopic (exact) mass is 260 g/mol. The number of aldehydes is 1. The molecule has 0 spiro atoms. The van der Waals surface area contributed by atoms with Crippen LogP contribution in [0.1, 0.15) is 19.8 Å². The second kappa shape index (κ2) is 12.1. The molecular weight excluding hydrogens is 240 g/mol. The Kier molecular flexibility index (Phi) is 11.2. The molecule has 0 saturated carbocycles. The van der Waals surface area contributed by atoms with Gasteiger partial charge in [0.25, 0.3) is 0 Å². The number of carbonyl (C=O) groups is 2. The zero-order valence-electron chi connectivity index (χ0n) is 10.6. The van der Waals surface area contributed by atoms with E-state index in [-0.39, 0.29) is 31.5 Å². The smallest absolute Gasteiger partial charge is 0.222 e. The van der Waals surface area contributed by atoms with Gasteiger partial charge in [0.05, 0.1) is 26.4 Å². The Hall–Kier alpha value is -1.34. The molecule has 0 heterocycles. The summed E-state index contributed by atoms with van der Waals surface area (Å²) in [5.41, 5.74) is 0. The van der Waals surface area contributed by atoms with Crippen LogP contribution >= 0.6 is 0 Å². The molecule has 7 heteroatoms. The lowest BCUT2D eigenvalue weighted by Crippen LogP contribution is -2.33. The Morgan fingerprint density at radius 3 is 2.56 bits per heavy atom. The molecular formula is C11H20N2O5. The van der Waals surface area contributed by atoms with Crippen LogP contribution in [-0.2, 0) is 19.1 Å². The first-order valence-corrected chi connectivity index (χ1v) is 5.88. The predicted molar refractivity (Wildman–Crippen MR) is 65.2 cm³/mol. The Morgan fingerprint density at radius 1 is 1.28 bits per heavy atom. The van der Waals surface area contributed by atoms with Crippen molar-refractivity contribution in [3.8, 4) is 0 Å². The van der Waals surface area contributed by atoms with Crippen molar-refractivity contribution in [1.29, 1.82) is 0 Å². The molecule has 0 aromatic heterocycles. The van der Waals surface area contributed by atoms with Gasteiger partial charge in [-0.2, -0.15) is 4.91 Å². The minimum absolute atomic E-state index is 0.136. The molecule has 1 unspecified atom stereocenters. The van der Waals surface area contributed by atoms with Crippen molar-refractivity contribution in [2.75, 3.05) is 33.0 Å². The molecule has 18 heavy (non-hydrogen) atoms. The number of amides is 1. The number of nitrogens with zero attached hydrogens (tertiary/aromatic N) is 1. The summed E-state index contributed by atoms with van der Waals surface area (Å²) in [4.78, 5) is 31.2. The zero-order valence-corrected chi connectivity index (χ0v) is 10.6. The minimum atomic E-state index is -0.144. The van der Waals surface area contributed by atoms with Crippen LogP contribution in [0.5, 0.6) is 0 Å². The molecule has 0 saturated heterocycles. The summed E-state index contributed by atoms with van der Waals surface area (Å²) < 4.78 is 10.2. The van der Waals surface area contributed by atoms with E-state index in [2.05, 4.69) is 10.5 Å². The van der Waals surface area contributed by atoms with Gasteiger partial charge in [0.1, 0.15) is 12.8 Å². The van der Waals surface area contributed by atoms with E-state index in [1.165, 1.54) is 0 Å². The number of hydrogen-bond acceptors (Lipinski definition) is 6. The lowest BCUT2D eigenvalue weighted by molar-refractivity contribution is -0.123. The maximum atomic E-state index is 11.3. The van der Waals surface area contributed by atoms with Gasteiger partial charge in [-0.1, -0.05) is 5.18 Å². The predicted octanol–water partition coefficient (Wildman–Crippen LogP) is 0.270. The average molecular weight is 260 g/mol. The fourth-order valence-electron chi connectivity index (χ4n) is 1.14. The van der Waals surface area contributed by atoms with Gasteiger partial charge in [0, 0.05) is 18.9 Å². The van der Waals surface area contributed by atoms with E-state index in [1.54, 1.807) is 6.92 Å². The van der Waals surface area contributed by atoms with Crippen molar-refractivity contribution in [3.05, 3.63) is 4.91 Å². The molecule has 0 rings (SSSR count). The zero-order chi connectivity index (χ0) is 13.6. The van der Waals surface area contributed by atoms with Gasteiger partial charge in [0.2, 0.25) is 5.91 Å². The normalized spacial score (nSPS) is 11.8. The largest absolute Gasteiger partial charge is 0.379 e. The first kappa shape index (κ1) is 16.7. The maximum absolute atomic E-state index is 11.3. The van der Waals surface area contributed by atoms with Crippen molar-refractivity contribution in [2.45, 2.75) is 25.8 Å². The lowest BCUT2D eigenvalue weighted by atomic mass is 10.2. The molecule has 0 fully saturated rings. The number of ether oxygens (including phenoxy) is 2. The third-order valence-corrected chi connectivity index (χ3v) is 2.03. The molecule has 1 amide bonds. The molecule has 1 N–H and O–H groups in total. The van der Waals surface area contributed by atoms with E-state index in [9.17, 15) is 14.5 Å². The summed E-state index contributed by atoms with van der Waals surface area (Å²) in [7, 11) is 0. The van der Waals surface area contributed by atoms with Crippen LogP contribution in [0, 0.1) is 4.91 Å². The molecule has 0 aromatic carbocycles. The summed E-state index contributed by atoms with van der Waals surface area (Å²) in [5, 5.41) is 5.31. The van der Waals surface area contributed by atoms with Crippen molar-refractivity contribution in [3.63, 3.8) is 0 Å². The minimum Gasteiger partial charge on any atom is -0.379 e. The van der Waals surface area contributed by atoms with E-state index >= 15 is 0 Å². The highest BCUT2D eigenvalue weighted by atomic mass is 16.5. The van der Waals surface area contributed by atoms with Crippen LogP contribution in [0.25, 0.3) is 0 Å². The van der Waals surface area contributed by atoms with Crippen LogP contribution in [0.15, 0.2) is 5.18 Å². The van der Waals surface area contributed by atoms with Gasteiger partial charge < -0.3 is 19.6 Å². The van der Waals surface area contributed by atoms with Gasteiger partial charge in [-0.25, -0.2) is 0 Å². The summed E-state index contributed by atoms with van der Waals surface area (Å²) in [6.07, 6.45) is 1.33. The quantitative estimate of drug-likeness (QED) is 0.309. The summed E-state index contributed by atoms with van der Waals surface area (Å²) in [5.74, 6) is -0.143. The van der Waals surface area contributed by atoms with Crippen molar-refractivity contribution >= 4 is 12.2 Å². The van der Waals surface area contributed by atoms with Gasteiger partial charge in [0.15, 0.2) is 0 Å². The highest BCUT2D eigenvalue weighted by Gasteiger charge is 2.06. The standard InChI is InChI=1S/C11H20N2O5/c1-10(2-5-14)13-11(15)3-6-17-8-9-18-7-4-12-16/h5,10H,2-4,6-9H2,1H3,(H,13,15). The number of nitrogens with one attached hydrogen (secondary N) is 1. The molecule has 0 aliphatic heterocycles. The molecule has 0 aliphatic rings. The Bertz CT molecular complexity index is 248. The number of rotatable bonds is 12. The highest BCUT2D eigenvalue weighted by molar-refractivity contribution is 5.76. The first-order valence-electron chi connectivity index (χ1n) is 5.88. The number of carbonyl (C=O) groups excluding carboxylic acids is 2. The van der Waals surface area contributed by atoms with Gasteiger partial charge in [-0.15, -0.1) is 0 Å². The van der Waals surface area contributed by atoms with Gasteiger partial charge in [-0.05, 0) is 6.92 Å². The Morgan fingerprint density at radius 2 is 1.94 bits per heavy atom. The van der Waals surface area contributed by atoms with E-state index in [0.717, 1.165) is 6.29 Å². The molecule has 1 atom stereocenters. The van der Waals surface area contributed by atoms with Crippen LogP contribution in [-0.4, -0.2) is 51.2 Å². The number of nitroso groups, excluding NO2 is 1. The Balaban J connectivity index is 3.29. The summed E-state index contributed by atoms with van der Waals surface area (Å²) in [6, 6.07) is -0.144. The molecule has 0 aromatic rings. The van der Waals surface area contributed by atoms with Crippen LogP contribution in [0.3, 0.4) is 0 Å². The second-order valence-electron chi connectivity index (χ2n) is 3.70. The van der Waals surface area contributed by atoms with E-state index in [4.69, 9.17) is 9.47 Å². The fraction of sp³-hybridized carbons (Fsp3) is 0.818. The summed E-state index contributed by atoms with van der Waals surface area (Å²) in [6.45, 7) is 3.24. The molecule has 0 radical (unpaired) electrons. The maximum Gasteiger partial charge on any atom is 0.222 e.